The van der Waals surface area contributed by atoms with Gasteiger partial charge in [0, 0.05) is 49.1 Å². The van der Waals surface area contributed by atoms with Gasteiger partial charge in [-0.3, -0.25) is 14.5 Å². The van der Waals surface area contributed by atoms with Crippen LogP contribution in [-0.2, 0) is 22.4 Å². The first-order chi connectivity index (χ1) is 16.1. The Morgan fingerprint density at radius 3 is 2.61 bits per heavy atom. The third-order valence-electron chi connectivity index (χ3n) is 7.62. The molecule has 5 rings (SSSR count). The molecule has 3 aliphatic rings. The minimum atomic E-state index is 0.140. The van der Waals surface area contributed by atoms with Gasteiger partial charge in [0.1, 0.15) is 11.6 Å². The van der Waals surface area contributed by atoms with Gasteiger partial charge in [-0.1, -0.05) is 43.2 Å². The minimum Gasteiger partial charge on any atom is -0.342 e. The van der Waals surface area contributed by atoms with E-state index < -0.39 is 0 Å². The van der Waals surface area contributed by atoms with E-state index in [0.717, 1.165) is 61.5 Å². The third kappa shape index (κ3) is 4.66. The van der Waals surface area contributed by atoms with Crippen LogP contribution in [0.25, 0.3) is 0 Å². The Labute approximate surface area is 196 Å². The van der Waals surface area contributed by atoms with E-state index in [1.165, 1.54) is 18.4 Å². The van der Waals surface area contributed by atoms with Gasteiger partial charge in [0.25, 0.3) is 0 Å². The van der Waals surface area contributed by atoms with E-state index in [9.17, 15) is 9.59 Å². The van der Waals surface area contributed by atoms with Gasteiger partial charge < -0.3 is 4.90 Å². The second kappa shape index (κ2) is 9.62. The predicted octanol–water partition coefficient (Wildman–Crippen LogP) is 4.20. The molecule has 1 atom stereocenters. The molecule has 2 amide bonds. The molecule has 1 saturated heterocycles. The average Bonchev–Trinajstić information content (AvgIpc) is 3.38. The first-order valence-electron chi connectivity index (χ1n) is 12.6. The number of rotatable bonds is 5. The molecule has 2 fully saturated rings. The molecule has 3 heterocycles. The van der Waals surface area contributed by atoms with Crippen LogP contribution >= 0.6 is 0 Å². The Kier molecular flexibility index (Phi) is 6.43. The van der Waals surface area contributed by atoms with E-state index in [4.69, 9.17) is 9.97 Å². The number of likely N-dealkylation sites (tertiary alicyclic amines) is 1. The topological polar surface area (TPSA) is 66.4 Å². The van der Waals surface area contributed by atoms with Crippen LogP contribution in [0.3, 0.4) is 0 Å². The van der Waals surface area contributed by atoms with E-state index in [2.05, 4.69) is 17.0 Å². The third-order valence-corrected chi connectivity index (χ3v) is 7.62. The molecule has 0 unspecified atom stereocenters. The Morgan fingerprint density at radius 1 is 1.03 bits per heavy atom. The number of nitrogens with zero attached hydrogens (tertiary/aromatic N) is 4. The predicted molar refractivity (Wildman–Crippen MR) is 128 cm³/mol. The molecule has 1 saturated carbocycles. The Morgan fingerprint density at radius 2 is 1.82 bits per heavy atom. The van der Waals surface area contributed by atoms with E-state index in [1.54, 1.807) is 0 Å². The van der Waals surface area contributed by atoms with Gasteiger partial charge in [-0.2, -0.15) is 0 Å². The maximum Gasteiger partial charge on any atom is 0.228 e. The molecule has 6 heteroatoms. The van der Waals surface area contributed by atoms with Crippen molar-refractivity contribution in [1.29, 1.82) is 0 Å². The number of carbonyl (C=O) groups is 2. The van der Waals surface area contributed by atoms with Crippen molar-refractivity contribution >= 4 is 17.6 Å². The second-order valence-electron chi connectivity index (χ2n) is 9.86. The van der Waals surface area contributed by atoms with E-state index >= 15 is 0 Å². The fourth-order valence-corrected chi connectivity index (χ4v) is 5.72. The van der Waals surface area contributed by atoms with Gasteiger partial charge in [0.2, 0.25) is 11.8 Å². The fourth-order valence-electron chi connectivity index (χ4n) is 5.72. The van der Waals surface area contributed by atoms with Crippen LogP contribution in [0.1, 0.15) is 73.5 Å². The standard InChI is InChI=1S/C27H34N4O2/c1-19-23-13-14-24(32)31(17-15-20-8-3-2-4-9-20)26(23)29-25(28-19)22-12-7-16-30(18-22)27(33)21-10-5-6-11-21/h2-4,8-9,21-22H,5-7,10-18H2,1H3/t22-/m0/s1. The van der Waals surface area contributed by atoms with Crippen molar-refractivity contribution in [2.45, 2.75) is 70.6 Å². The van der Waals surface area contributed by atoms with Crippen molar-refractivity contribution in [3.8, 4) is 0 Å². The summed E-state index contributed by atoms with van der Waals surface area (Å²) < 4.78 is 0. The molecule has 174 valence electrons. The normalized spacial score (nSPS) is 21.4. The van der Waals surface area contributed by atoms with Gasteiger partial charge in [-0.15, -0.1) is 0 Å². The molecular formula is C27H34N4O2. The molecule has 0 radical (unpaired) electrons. The molecule has 0 spiro atoms. The zero-order valence-corrected chi connectivity index (χ0v) is 19.6. The molecule has 6 nitrogen and oxygen atoms in total. The molecule has 33 heavy (non-hydrogen) atoms. The summed E-state index contributed by atoms with van der Waals surface area (Å²) in [5, 5.41) is 0. The van der Waals surface area contributed by atoms with Crippen LogP contribution in [0.5, 0.6) is 0 Å². The number of aryl methyl sites for hydroxylation is 1. The minimum absolute atomic E-state index is 0.140. The van der Waals surface area contributed by atoms with Gasteiger partial charge >= 0.3 is 0 Å². The zero-order valence-electron chi connectivity index (χ0n) is 19.6. The quantitative estimate of drug-likeness (QED) is 0.690. The summed E-state index contributed by atoms with van der Waals surface area (Å²) in [7, 11) is 0. The lowest BCUT2D eigenvalue weighted by atomic mass is 9.94. The number of hydrogen-bond acceptors (Lipinski definition) is 4. The van der Waals surface area contributed by atoms with Gasteiger partial charge in [0.15, 0.2) is 0 Å². The van der Waals surface area contributed by atoms with Gasteiger partial charge in [-0.25, -0.2) is 9.97 Å². The van der Waals surface area contributed by atoms with E-state index in [1.807, 2.05) is 30.0 Å². The van der Waals surface area contributed by atoms with Crippen molar-refractivity contribution in [1.82, 2.24) is 14.9 Å². The van der Waals surface area contributed by atoms with E-state index in [0.29, 0.717) is 31.8 Å². The monoisotopic (exact) mass is 446 g/mol. The summed E-state index contributed by atoms with van der Waals surface area (Å²) in [6.07, 6.45) is 8.42. The highest BCUT2D eigenvalue weighted by Crippen LogP contribution is 2.34. The first-order valence-corrected chi connectivity index (χ1v) is 12.6. The van der Waals surface area contributed by atoms with E-state index in [-0.39, 0.29) is 17.7 Å². The van der Waals surface area contributed by atoms with Gasteiger partial charge in [-0.05, 0) is 51.0 Å². The van der Waals surface area contributed by atoms with Crippen LogP contribution in [-0.4, -0.2) is 46.3 Å². The number of aromatic nitrogens is 2. The summed E-state index contributed by atoms with van der Waals surface area (Å²) in [5.41, 5.74) is 3.30. The summed E-state index contributed by atoms with van der Waals surface area (Å²) in [6.45, 7) is 4.21. The fraction of sp³-hybridized carbons (Fsp3) is 0.556. The highest BCUT2D eigenvalue weighted by atomic mass is 16.2. The number of hydrogen-bond donors (Lipinski definition) is 0. The SMILES string of the molecule is Cc1nc([C@H]2CCCN(C(=O)C3CCCC3)C2)nc2c1CCC(=O)N2CCc1ccccc1. The average molecular weight is 447 g/mol. The largest absolute Gasteiger partial charge is 0.342 e. The number of benzene rings is 1. The summed E-state index contributed by atoms with van der Waals surface area (Å²) in [4.78, 5) is 39.7. The molecule has 2 aromatic rings. The van der Waals surface area contributed by atoms with Crippen molar-refractivity contribution in [2.75, 3.05) is 24.5 Å². The Hall–Kier alpha value is -2.76. The van der Waals surface area contributed by atoms with Crippen molar-refractivity contribution in [2.24, 2.45) is 5.92 Å². The van der Waals surface area contributed by atoms with Crippen LogP contribution in [0.15, 0.2) is 30.3 Å². The molecule has 0 bridgehead atoms. The van der Waals surface area contributed by atoms with Gasteiger partial charge in [0.05, 0.1) is 0 Å². The van der Waals surface area contributed by atoms with Crippen molar-refractivity contribution in [3.63, 3.8) is 0 Å². The Bertz CT molecular complexity index is 1020. The number of carbonyl (C=O) groups excluding carboxylic acids is 2. The second-order valence-corrected chi connectivity index (χ2v) is 9.86. The molecule has 2 aliphatic heterocycles. The zero-order chi connectivity index (χ0) is 22.8. The highest BCUT2D eigenvalue weighted by molar-refractivity contribution is 5.95. The van der Waals surface area contributed by atoms with Crippen molar-refractivity contribution in [3.05, 3.63) is 53.0 Å². The highest BCUT2D eigenvalue weighted by Gasteiger charge is 2.34. The summed E-state index contributed by atoms with van der Waals surface area (Å²) in [6, 6.07) is 10.3. The van der Waals surface area contributed by atoms with Crippen molar-refractivity contribution < 1.29 is 9.59 Å². The molecule has 1 aromatic carbocycles. The molecule has 0 N–H and O–H groups in total. The van der Waals surface area contributed by atoms with Crippen LogP contribution in [0.2, 0.25) is 0 Å². The maximum absolute atomic E-state index is 13.0. The molecular weight excluding hydrogens is 412 g/mol. The first kappa shape index (κ1) is 22.1. The summed E-state index contributed by atoms with van der Waals surface area (Å²) in [5.74, 6) is 2.41. The lowest BCUT2D eigenvalue weighted by Crippen LogP contribution is -2.42. The number of amides is 2. The molecule has 1 aliphatic carbocycles. The number of fused-ring (bicyclic) bond motifs is 1. The van der Waals surface area contributed by atoms with Crippen LogP contribution < -0.4 is 4.90 Å². The number of piperidine rings is 1. The lowest BCUT2D eigenvalue weighted by molar-refractivity contribution is -0.136. The molecule has 1 aromatic heterocycles. The Balaban J connectivity index is 1.37. The number of anilines is 1. The lowest BCUT2D eigenvalue weighted by Gasteiger charge is -2.35. The van der Waals surface area contributed by atoms with Crippen LogP contribution in [0, 0.1) is 12.8 Å². The smallest absolute Gasteiger partial charge is 0.228 e. The maximum atomic E-state index is 13.0. The van der Waals surface area contributed by atoms with Crippen LogP contribution in [0.4, 0.5) is 5.82 Å². The summed E-state index contributed by atoms with van der Waals surface area (Å²) >= 11 is 0.